The second-order valence-electron chi connectivity index (χ2n) is 6.82. The van der Waals surface area contributed by atoms with Crippen LogP contribution in [0.4, 0.5) is 0 Å². The summed E-state index contributed by atoms with van der Waals surface area (Å²) in [4.78, 5) is 21.1. The quantitative estimate of drug-likeness (QED) is 0.352. The number of aryl methyl sites for hydroxylation is 1. The van der Waals surface area contributed by atoms with Crippen molar-refractivity contribution in [2.45, 2.75) is 25.2 Å². The van der Waals surface area contributed by atoms with Gasteiger partial charge in [-0.1, -0.05) is 66.7 Å². The third-order valence-corrected chi connectivity index (χ3v) is 4.66. The highest BCUT2D eigenvalue weighted by molar-refractivity contribution is 5.96. The Hall–Kier alpha value is -3.47. The predicted octanol–water partition coefficient (Wildman–Crippen LogP) is 3.67. The molecule has 1 heterocycles. The summed E-state index contributed by atoms with van der Waals surface area (Å²) in [5, 5.41) is 2.72. The Morgan fingerprint density at radius 3 is 2.14 bits per heavy atom. The number of benzene rings is 2. The topological polar surface area (TPSA) is 80.4 Å². The van der Waals surface area contributed by atoms with E-state index < -0.39 is 0 Å². The molecule has 0 saturated heterocycles. The van der Waals surface area contributed by atoms with Crippen LogP contribution in [0.3, 0.4) is 0 Å². The van der Waals surface area contributed by atoms with Crippen LogP contribution in [0.1, 0.15) is 35.6 Å². The Morgan fingerprint density at radius 1 is 0.931 bits per heavy atom. The number of carbonyl (C=O) groups is 1. The van der Waals surface area contributed by atoms with Crippen LogP contribution < -0.4 is 11.1 Å². The third kappa shape index (κ3) is 6.57. The first-order valence-electron chi connectivity index (χ1n) is 9.82. The zero-order chi connectivity index (χ0) is 20.3. The van der Waals surface area contributed by atoms with Gasteiger partial charge < -0.3 is 5.73 Å². The minimum Gasteiger partial charge on any atom is -0.370 e. The molecule has 0 radical (unpaired) electrons. The van der Waals surface area contributed by atoms with E-state index in [9.17, 15) is 4.79 Å². The number of aliphatic imine (C=N–C) groups is 1. The first-order chi connectivity index (χ1) is 14.2. The molecular formula is C24H26N4O. The van der Waals surface area contributed by atoms with Gasteiger partial charge >= 0.3 is 0 Å². The van der Waals surface area contributed by atoms with Crippen LogP contribution in [-0.2, 0) is 11.2 Å². The molecule has 3 N–H and O–H groups in total. The number of nitrogens with zero attached hydrogens (tertiary/aromatic N) is 2. The molecule has 5 nitrogen and oxygen atoms in total. The van der Waals surface area contributed by atoms with Crippen LogP contribution in [0.5, 0.6) is 0 Å². The molecule has 3 rings (SSSR count). The molecule has 0 aliphatic carbocycles. The lowest BCUT2D eigenvalue weighted by molar-refractivity contribution is -0.119. The molecule has 0 spiro atoms. The summed E-state index contributed by atoms with van der Waals surface area (Å²) in [6.45, 7) is 0.545. The lowest BCUT2D eigenvalue weighted by atomic mass is 9.88. The van der Waals surface area contributed by atoms with Gasteiger partial charge in [-0.3, -0.25) is 20.1 Å². The summed E-state index contributed by atoms with van der Waals surface area (Å²) < 4.78 is 0. The molecule has 3 aromatic rings. The molecule has 2 aromatic carbocycles. The van der Waals surface area contributed by atoms with Gasteiger partial charge in [0, 0.05) is 30.8 Å². The standard InChI is InChI=1S/C24H26N4O/c25-24(27-17-9-15-21-14-7-8-16-26-21)28-23(29)18-22(19-10-3-1-4-11-19)20-12-5-2-6-13-20/h1-8,10-14,16,22H,9,15,17-18H2,(H3,25,27,28,29). The van der Waals surface area contributed by atoms with Crippen LogP contribution >= 0.6 is 0 Å². The van der Waals surface area contributed by atoms with Gasteiger partial charge in [-0.05, 0) is 36.1 Å². The van der Waals surface area contributed by atoms with Gasteiger partial charge in [0.2, 0.25) is 5.91 Å². The van der Waals surface area contributed by atoms with Crippen LogP contribution in [0.25, 0.3) is 0 Å². The van der Waals surface area contributed by atoms with E-state index >= 15 is 0 Å². The van der Waals surface area contributed by atoms with Crippen molar-refractivity contribution in [3.8, 4) is 0 Å². The molecular weight excluding hydrogens is 360 g/mol. The first kappa shape index (κ1) is 20.3. The second-order valence-corrected chi connectivity index (χ2v) is 6.82. The van der Waals surface area contributed by atoms with E-state index in [1.807, 2.05) is 78.9 Å². The molecule has 0 aliphatic heterocycles. The SMILES string of the molecule is NC(=NCCCc1ccccn1)NC(=O)CC(c1ccccc1)c1ccccc1. The molecule has 29 heavy (non-hydrogen) atoms. The van der Waals surface area contributed by atoms with Gasteiger partial charge in [-0.2, -0.15) is 0 Å². The van der Waals surface area contributed by atoms with E-state index in [2.05, 4.69) is 15.3 Å². The van der Waals surface area contributed by atoms with E-state index in [1.54, 1.807) is 6.20 Å². The van der Waals surface area contributed by atoms with Gasteiger partial charge in [0.05, 0.1) is 0 Å². The van der Waals surface area contributed by atoms with Crippen molar-refractivity contribution < 1.29 is 4.79 Å². The summed E-state index contributed by atoms with van der Waals surface area (Å²) >= 11 is 0. The van der Waals surface area contributed by atoms with E-state index in [0.29, 0.717) is 13.0 Å². The molecule has 0 atom stereocenters. The lowest BCUT2D eigenvalue weighted by Gasteiger charge is -2.17. The van der Waals surface area contributed by atoms with Gasteiger partial charge in [0.25, 0.3) is 0 Å². The van der Waals surface area contributed by atoms with E-state index in [4.69, 9.17) is 5.73 Å². The summed E-state index contributed by atoms with van der Waals surface area (Å²) in [5.74, 6) is -0.0149. The lowest BCUT2D eigenvalue weighted by Crippen LogP contribution is -2.37. The summed E-state index contributed by atoms with van der Waals surface area (Å²) in [7, 11) is 0. The number of carbonyl (C=O) groups excluding carboxylic acids is 1. The highest BCUT2D eigenvalue weighted by Gasteiger charge is 2.18. The zero-order valence-electron chi connectivity index (χ0n) is 16.4. The highest BCUT2D eigenvalue weighted by Crippen LogP contribution is 2.27. The number of guanidine groups is 1. The number of nitrogens with two attached hydrogens (primary N) is 1. The van der Waals surface area contributed by atoms with Crippen molar-refractivity contribution >= 4 is 11.9 Å². The predicted molar refractivity (Wildman–Crippen MR) is 117 cm³/mol. The first-order valence-corrected chi connectivity index (χ1v) is 9.82. The summed E-state index contributed by atoms with van der Waals surface area (Å²) in [6, 6.07) is 25.9. The van der Waals surface area contributed by atoms with Crippen LogP contribution in [0, 0.1) is 0 Å². The fourth-order valence-corrected chi connectivity index (χ4v) is 3.22. The van der Waals surface area contributed by atoms with Crippen LogP contribution in [-0.4, -0.2) is 23.4 Å². The zero-order valence-corrected chi connectivity index (χ0v) is 16.4. The Bertz CT molecular complexity index is 872. The second kappa shape index (κ2) is 10.8. The number of aromatic nitrogens is 1. The molecule has 5 heteroatoms. The van der Waals surface area contributed by atoms with Gasteiger partial charge in [-0.15, -0.1) is 0 Å². The number of hydrogen-bond acceptors (Lipinski definition) is 3. The van der Waals surface area contributed by atoms with Gasteiger partial charge in [-0.25, -0.2) is 0 Å². The number of pyridine rings is 1. The molecule has 0 bridgehead atoms. The monoisotopic (exact) mass is 386 g/mol. The van der Waals surface area contributed by atoms with E-state index in [-0.39, 0.29) is 17.8 Å². The minimum atomic E-state index is -0.145. The van der Waals surface area contributed by atoms with Crippen LogP contribution in [0.2, 0.25) is 0 Å². The maximum Gasteiger partial charge on any atom is 0.227 e. The molecule has 0 aliphatic rings. The average molecular weight is 386 g/mol. The Morgan fingerprint density at radius 2 is 1.55 bits per heavy atom. The Labute approximate surface area is 171 Å². The van der Waals surface area contributed by atoms with Crippen LogP contribution in [0.15, 0.2) is 90.1 Å². The number of nitrogens with one attached hydrogen (secondary N) is 1. The van der Waals surface area contributed by atoms with Crippen molar-refractivity contribution in [1.82, 2.24) is 10.3 Å². The number of rotatable bonds is 8. The highest BCUT2D eigenvalue weighted by atomic mass is 16.1. The number of amides is 1. The van der Waals surface area contributed by atoms with E-state index in [1.165, 1.54) is 0 Å². The van der Waals surface area contributed by atoms with E-state index in [0.717, 1.165) is 29.7 Å². The maximum absolute atomic E-state index is 12.6. The minimum absolute atomic E-state index is 0.0330. The fraction of sp³-hybridized carbons (Fsp3) is 0.208. The summed E-state index contributed by atoms with van der Waals surface area (Å²) in [5.41, 5.74) is 9.13. The Balaban J connectivity index is 1.55. The van der Waals surface area contributed by atoms with Gasteiger partial charge in [0.1, 0.15) is 0 Å². The van der Waals surface area contributed by atoms with Gasteiger partial charge in [0.15, 0.2) is 5.96 Å². The smallest absolute Gasteiger partial charge is 0.227 e. The largest absolute Gasteiger partial charge is 0.370 e. The average Bonchev–Trinajstić information content (AvgIpc) is 2.77. The van der Waals surface area contributed by atoms with Crippen molar-refractivity contribution in [3.63, 3.8) is 0 Å². The number of hydrogen-bond donors (Lipinski definition) is 2. The molecule has 0 saturated carbocycles. The maximum atomic E-state index is 12.6. The molecule has 1 aromatic heterocycles. The third-order valence-electron chi connectivity index (χ3n) is 4.66. The summed E-state index contributed by atoms with van der Waals surface area (Å²) in [6.07, 6.45) is 3.74. The Kier molecular flexibility index (Phi) is 7.52. The van der Waals surface area contributed by atoms with Crippen molar-refractivity contribution in [2.24, 2.45) is 10.7 Å². The molecule has 1 amide bonds. The van der Waals surface area contributed by atoms with Crippen molar-refractivity contribution in [1.29, 1.82) is 0 Å². The van der Waals surface area contributed by atoms with Crippen molar-refractivity contribution in [2.75, 3.05) is 6.54 Å². The molecule has 0 fully saturated rings. The normalized spacial score (nSPS) is 11.4. The van der Waals surface area contributed by atoms with Crippen molar-refractivity contribution in [3.05, 3.63) is 102 Å². The fourth-order valence-electron chi connectivity index (χ4n) is 3.22. The molecule has 148 valence electrons. The molecule has 0 unspecified atom stereocenters.